The smallest absolute Gasteiger partial charge is 0.203 e. The quantitative estimate of drug-likeness (QED) is 0.869. The Balaban J connectivity index is 1.97. The number of aromatic nitrogens is 2. The zero-order valence-corrected chi connectivity index (χ0v) is 11.2. The van der Waals surface area contributed by atoms with Crippen molar-refractivity contribution in [3.63, 3.8) is 0 Å². The number of piperidine rings is 1. The van der Waals surface area contributed by atoms with Crippen molar-refractivity contribution in [3.8, 4) is 0 Å². The third-order valence-electron chi connectivity index (χ3n) is 3.41. The number of anilines is 1. The van der Waals surface area contributed by atoms with Gasteiger partial charge in [0.2, 0.25) is 5.95 Å². The van der Waals surface area contributed by atoms with Crippen LogP contribution in [0.1, 0.15) is 31.9 Å². The summed E-state index contributed by atoms with van der Waals surface area (Å²) in [5.41, 5.74) is 1.11. The number of rotatable bonds is 4. The molecule has 1 N–H and O–H groups in total. The molecule has 0 unspecified atom stereocenters. The van der Waals surface area contributed by atoms with Crippen molar-refractivity contribution < 1.29 is 0 Å². The Bertz CT molecular complexity index is 350. The largest absolute Gasteiger partial charge is 0.353 e. The molecule has 2 rings (SSSR count). The highest BCUT2D eigenvalue weighted by atomic mass is 15.2. The number of nitrogens with zero attached hydrogens (tertiary/aromatic N) is 3. The van der Waals surface area contributed by atoms with Crippen LogP contribution in [0.2, 0.25) is 0 Å². The fourth-order valence-corrected chi connectivity index (χ4v) is 2.41. The second-order valence-electron chi connectivity index (χ2n) is 5.12. The van der Waals surface area contributed by atoms with Crippen molar-refractivity contribution >= 4 is 5.95 Å². The maximum atomic E-state index is 4.58. The van der Waals surface area contributed by atoms with Crippen LogP contribution < -0.4 is 5.32 Å². The zero-order chi connectivity index (χ0) is 12.3. The van der Waals surface area contributed by atoms with Gasteiger partial charge in [0.05, 0.1) is 5.69 Å². The molecule has 0 aromatic carbocycles. The van der Waals surface area contributed by atoms with E-state index < -0.39 is 0 Å². The Labute approximate surface area is 104 Å². The van der Waals surface area contributed by atoms with E-state index in [-0.39, 0.29) is 0 Å². The summed E-state index contributed by atoms with van der Waals surface area (Å²) in [6.45, 7) is 7.69. The Morgan fingerprint density at radius 1 is 1.41 bits per heavy atom. The summed E-state index contributed by atoms with van der Waals surface area (Å²) in [7, 11) is 2.19. The molecule has 1 aromatic heterocycles. The van der Waals surface area contributed by atoms with E-state index in [2.05, 4.69) is 46.9 Å². The number of hydrogen-bond acceptors (Lipinski definition) is 3. The van der Waals surface area contributed by atoms with Crippen LogP contribution in [-0.2, 0) is 6.54 Å². The van der Waals surface area contributed by atoms with Gasteiger partial charge in [-0.25, -0.2) is 4.98 Å². The minimum absolute atomic E-state index is 0.587. The summed E-state index contributed by atoms with van der Waals surface area (Å²) in [5, 5.41) is 3.60. The molecule has 0 saturated carbocycles. The number of likely N-dealkylation sites (tertiary alicyclic amines) is 1. The molecule has 0 radical (unpaired) electrons. The van der Waals surface area contributed by atoms with Gasteiger partial charge in [-0.2, -0.15) is 0 Å². The standard InChI is InChI=1S/C13H24N4/c1-4-7-17-10-11(2)14-13(17)15-12-5-8-16(3)9-6-12/h10,12H,4-9H2,1-3H3,(H,14,15). The summed E-state index contributed by atoms with van der Waals surface area (Å²) in [6.07, 6.45) is 5.72. The molecule has 1 aliphatic heterocycles. The Kier molecular flexibility index (Phi) is 4.05. The molecule has 1 aromatic rings. The van der Waals surface area contributed by atoms with Crippen molar-refractivity contribution in [2.24, 2.45) is 0 Å². The monoisotopic (exact) mass is 236 g/mol. The molecule has 1 aliphatic rings. The maximum absolute atomic E-state index is 4.58. The molecule has 2 heterocycles. The van der Waals surface area contributed by atoms with E-state index in [0.29, 0.717) is 6.04 Å². The second kappa shape index (κ2) is 5.54. The SMILES string of the molecule is CCCn1cc(C)nc1NC1CCN(C)CC1. The average Bonchev–Trinajstić information content (AvgIpc) is 2.63. The molecule has 0 atom stereocenters. The van der Waals surface area contributed by atoms with Crippen molar-refractivity contribution in [2.75, 3.05) is 25.5 Å². The van der Waals surface area contributed by atoms with E-state index in [1.54, 1.807) is 0 Å². The molecule has 1 fully saturated rings. The van der Waals surface area contributed by atoms with E-state index in [9.17, 15) is 0 Å². The summed E-state index contributed by atoms with van der Waals surface area (Å²) >= 11 is 0. The fraction of sp³-hybridized carbons (Fsp3) is 0.769. The van der Waals surface area contributed by atoms with Gasteiger partial charge in [0.15, 0.2) is 0 Å². The van der Waals surface area contributed by atoms with E-state index in [1.165, 1.54) is 25.9 Å². The van der Waals surface area contributed by atoms with Gasteiger partial charge in [0.1, 0.15) is 0 Å². The lowest BCUT2D eigenvalue weighted by molar-refractivity contribution is 0.263. The lowest BCUT2D eigenvalue weighted by Gasteiger charge is -2.29. The molecule has 0 aliphatic carbocycles. The molecule has 0 spiro atoms. The Hall–Kier alpha value is -1.03. The topological polar surface area (TPSA) is 33.1 Å². The predicted molar refractivity (Wildman–Crippen MR) is 71.4 cm³/mol. The molecule has 0 bridgehead atoms. The lowest BCUT2D eigenvalue weighted by atomic mass is 10.1. The van der Waals surface area contributed by atoms with Crippen LogP contribution in [0.15, 0.2) is 6.20 Å². The number of nitrogens with one attached hydrogen (secondary N) is 1. The minimum atomic E-state index is 0.587. The van der Waals surface area contributed by atoms with Crippen LogP contribution in [0.3, 0.4) is 0 Å². The first-order valence-electron chi connectivity index (χ1n) is 6.68. The zero-order valence-electron chi connectivity index (χ0n) is 11.2. The first kappa shape index (κ1) is 12.4. The van der Waals surface area contributed by atoms with Crippen LogP contribution in [0.25, 0.3) is 0 Å². The Morgan fingerprint density at radius 3 is 2.76 bits per heavy atom. The van der Waals surface area contributed by atoms with Gasteiger partial charge in [-0.1, -0.05) is 6.92 Å². The summed E-state index contributed by atoms with van der Waals surface area (Å²) in [5.74, 6) is 1.05. The Morgan fingerprint density at radius 2 is 2.12 bits per heavy atom. The highest BCUT2D eigenvalue weighted by molar-refractivity contribution is 5.30. The van der Waals surface area contributed by atoms with Crippen LogP contribution in [0.5, 0.6) is 0 Å². The second-order valence-corrected chi connectivity index (χ2v) is 5.12. The molecule has 1 saturated heterocycles. The first-order valence-corrected chi connectivity index (χ1v) is 6.68. The van der Waals surface area contributed by atoms with E-state index in [0.717, 1.165) is 24.6 Å². The molecule has 96 valence electrons. The third kappa shape index (κ3) is 3.22. The van der Waals surface area contributed by atoms with Gasteiger partial charge in [-0.15, -0.1) is 0 Å². The van der Waals surface area contributed by atoms with Gasteiger partial charge in [-0.05, 0) is 46.3 Å². The van der Waals surface area contributed by atoms with Crippen molar-refractivity contribution in [3.05, 3.63) is 11.9 Å². The first-order chi connectivity index (χ1) is 8.19. The van der Waals surface area contributed by atoms with Crippen LogP contribution in [-0.4, -0.2) is 40.6 Å². The van der Waals surface area contributed by atoms with Gasteiger partial charge in [-0.3, -0.25) is 0 Å². The minimum Gasteiger partial charge on any atom is -0.353 e. The van der Waals surface area contributed by atoms with Gasteiger partial charge in [0.25, 0.3) is 0 Å². The predicted octanol–water partition coefficient (Wildman–Crippen LogP) is 2.11. The summed E-state index contributed by atoms with van der Waals surface area (Å²) in [6, 6.07) is 0.587. The summed E-state index contributed by atoms with van der Waals surface area (Å²) < 4.78 is 2.24. The van der Waals surface area contributed by atoms with Crippen LogP contribution >= 0.6 is 0 Å². The molecular formula is C13H24N4. The highest BCUT2D eigenvalue weighted by Crippen LogP contribution is 2.16. The van der Waals surface area contributed by atoms with Crippen LogP contribution in [0, 0.1) is 6.92 Å². The number of imidazole rings is 1. The van der Waals surface area contributed by atoms with E-state index >= 15 is 0 Å². The van der Waals surface area contributed by atoms with Crippen molar-refractivity contribution in [1.29, 1.82) is 0 Å². The van der Waals surface area contributed by atoms with E-state index in [1.807, 2.05) is 0 Å². The van der Waals surface area contributed by atoms with Gasteiger partial charge in [0, 0.05) is 18.8 Å². The normalized spacial score (nSPS) is 18.5. The number of hydrogen-bond donors (Lipinski definition) is 1. The maximum Gasteiger partial charge on any atom is 0.203 e. The van der Waals surface area contributed by atoms with Gasteiger partial charge < -0.3 is 14.8 Å². The van der Waals surface area contributed by atoms with Crippen molar-refractivity contribution in [2.45, 2.75) is 45.7 Å². The highest BCUT2D eigenvalue weighted by Gasteiger charge is 2.18. The van der Waals surface area contributed by atoms with E-state index in [4.69, 9.17) is 0 Å². The average molecular weight is 236 g/mol. The number of aryl methyl sites for hydroxylation is 2. The molecule has 0 amide bonds. The lowest BCUT2D eigenvalue weighted by Crippen LogP contribution is -2.37. The molecule has 4 nitrogen and oxygen atoms in total. The van der Waals surface area contributed by atoms with Crippen LogP contribution in [0.4, 0.5) is 5.95 Å². The molecule has 17 heavy (non-hydrogen) atoms. The molecule has 4 heteroatoms. The summed E-state index contributed by atoms with van der Waals surface area (Å²) in [4.78, 5) is 6.97. The van der Waals surface area contributed by atoms with Gasteiger partial charge >= 0.3 is 0 Å². The van der Waals surface area contributed by atoms with Crippen molar-refractivity contribution in [1.82, 2.24) is 14.5 Å². The fourth-order valence-electron chi connectivity index (χ4n) is 2.41. The third-order valence-corrected chi connectivity index (χ3v) is 3.41. The molecular weight excluding hydrogens is 212 g/mol.